The van der Waals surface area contributed by atoms with E-state index in [0.29, 0.717) is 6.54 Å². The molecular formula is C12H18N4O2. The number of fused-ring (bicyclic) bond motifs is 2. The Labute approximate surface area is 106 Å². The number of azide groups is 1. The summed E-state index contributed by atoms with van der Waals surface area (Å²) in [5.74, 6) is 0. The second kappa shape index (κ2) is 4.21. The van der Waals surface area contributed by atoms with Gasteiger partial charge in [-0.05, 0) is 45.6 Å². The van der Waals surface area contributed by atoms with Gasteiger partial charge in [0.15, 0.2) is 0 Å². The van der Waals surface area contributed by atoms with Crippen molar-refractivity contribution in [1.29, 1.82) is 0 Å². The van der Waals surface area contributed by atoms with E-state index in [9.17, 15) is 4.79 Å². The van der Waals surface area contributed by atoms with Crippen LogP contribution in [0.3, 0.4) is 0 Å². The summed E-state index contributed by atoms with van der Waals surface area (Å²) in [5, 5.41) is 3.65. The molecule has 0 aromatic carbocycles. The molecule has 0 radical (unpaired) electrons. The molecule has 0 N–H and O–H groups in total. The first-order valence-electron chi connectivity index (χ1n) is 6.11. The molecule has 6 heteroatoms. The quantitative estimate of drug-likeness (QED) is 0.428. The van der Waals surface area contributed by atoms with E-state index in [1.807, 2.05) is 26.8 Å². The molecule has 2 bridgehead atoms. The Hall–Kier alpha value is -1.68. The maximum absolute atomic E-state index is 12.2. The number of allylic oxidation sites excluding steroid dienone is 1. The Morgan fingerprint density at radius 3 is 2.89 bits per heavy atom. The Balaban J connectivity index is 2.18. The van der Waals surface area contributed by atoms with Crippen LogP contribution in [-0.2, 0) is 4.74 Å². The zero-order valence-corrected chi connectivity index (χ0v) is 11.0. The minimum absolute atomic E-state index is 0.308. The van der Waals surface area contributed by atoms with Crippen LogP contribution in [-0.4, -0.2) is 28.7 Å². The van der Waals surface area contributed by atoms with Crippen molar-refractivity contribution in [2.24, 2.45) is 5.11 Å². The second-order valence-electron chi connectivity index (χ2n) is 5.83. The maximum Gasteiger partial charge on any atom is 0.415 e. The molecule has 1 atom stereocenters. The third-order valence-electron chi connectivity index (χ3n) is 3.33. The molecule has 1 amide bonds. The van der Waals surface area contributed by atoms with Crippen LogP contribution in [0.25, 0.3) is 10.4 Å². The minimum atomic E-state index is -0.515. The summed E-state index contributed by atoms with van der Waals surface area (Å²) in [6.07, 6.45) is 4.15. The molecule has 2 rings (SSSR count). The third-order valence-corrected chi connectivity index (χ3v) is 3.33. The van der Waals surface area contributed by atoms with Crippen LogP contribution in [0.5, 0.6) is 0 Å². The lowest BCUT2D eigenvalue weighted by molar-refractivity contribution is 0.0193. The molecule has 1 unspecified atom stereocenters. The van der Waals surface area contributed by atoms with E-state index in [1.54, 1.807) is 4.90 Å². The van der Waals surface area contributed by atoms with Gasteiger partial charge in [0, 0.05) is 10.6 Å². The zero-order chi connectivity index (χ0) is 13.4. The van der Waals surface area contributed by atoms with Gasteiger partial charge < -0.3 is 4.74 Å². The number of rotatable bonds is 2. The van der Waals surface area contributed by atoms with E-state index in [-0.39, 0.29) is 11.6 Å². The topological polar surface area (TPSA) is 78.3 Å². The van der Waals surface area contributed by atoms with Crippen LogP contribution in [0.1, 0.15) is 40.0 Å². The summed E-state index contributed by atoms with van der Waals surface area (Å²) >= 11 is 0. The number of nitrogens with zero attached hydrogens (tertiary/aromatic N) is 4. The van der Waals surface area contributed by atoms with Gasteiger partial charge >= 0.3 is 6.09 Å². The summed E-state index contributed by atoms with van der Waals surface area (Å²) in [6, 6.07) is 0. The summed E-state index contributed by atoms with van der Waals surface area (Å²) in [4.78, 5) is 16.7. The van der Waals surface area contributed by atoms with Crippen LogP contribution in [0.15, 0.2) is 16.9 Å². The summed E-state index contributed by atoms with van der Waals surface area (Å²) in [5.41, 5.74) is 8.57. The van der Waals surface area contributed by atoms with E-state index < -0.39 is 5.60 Å². The van der Waals surface area contributed by atoms with E-state index in [2.05, 4.69) is 10.0 Å². The summed E-state index contributed by atoms with van der Waals surface area (Å²) < 4.78 is 5.42. The average molecular weight is 250 g/mol. The summed E-state index contributed by atoms with van der Waals surface area (Å²) in [6.45, 7) is 5.84. The molecule has 0 saturated carbocycles. The van der Waals surface area contributed by atoms with Crippen molar-refractivity contribution in [1.82, 2.24) is 4.90 Å². The van der Waals surface area contributed by atoms with Crippen molar-refractivity contribution in [3.05, 3.63) is 22.2 Å². The van der Waals surface area contributed by atoms with Crippen LogP contribution in [0, 0.1) is 0 Å². The van der Waals surface area contributed by atoms with Crippen molar-refractivity contribution in [2.75, 3.05) is 6.54 Å². The Bertz CT molecular complexity index is 445. The molecule has 2 aliphatic rings. The fourth-order valence-corrected chi connectivity index (χ4v) is 2.58. The lowest BCUT2D eigenvalue weighted by Crippen LogP contribution is -2.47. The molecule has 18 heavy (non-hydrogen) atoms. The molecule has 98 valence electrons. The minimum Gasteiger partial charge on any atom is -0.443 e. The fraction of sp³-hybridized carbons (Fsp3) is 0.750. The molecule has 6 nitrogen and oxygen atoms in total. The van der Waals surface area contributed by atoms with Crippen molar-refractivity contribution < 1.29 is 9.53 Å². The maximum atomic E-state index is 12.2. The van der Waals surface area contributed by atoms with E-state index in [4.69, 9.17) is 10.3 Å². The van der Waals surface area contributed by atoms with Crippen LogP contribution in [0.4, 0.5) is 4.79 Å². The van der Waals surface area contributed by atoms with E-state index >= 15 is 0 Å². The van der Waals surface area contributed by atoms with Crippen LogP contribution < -0.4 is 0 Å². The summed E-state index contributed by atoms with van der Waals surface area (Å²) in [7, 11) is 0. The van der Waals surface area contributed by atoms with Gasteiger partial charge in [-0.15, -0.1) is 0 Å². The van der Waals surface area contributed by atoms with E-state index in [1.165, 1.54) is 0 Å². The highest BCUT2D eigenvalue weighted by Gasteiger charge is 2.50. The first-order valence-corrected chi connectivity index (χ1v) is 6.11. The fourth-order valence-electron chi connectivity index (χ4n) is 2.58. The molecule has 0 aromatic rings. The first-order chi connectivity index (χ1) is 8.38. The molecule has 0 spiro atoms. The number of carbonyl (C=O) groups excluding carboxylic acids is 1. The Morgan fingerprint density at radius 1 is 1.67 bits per heavy atom. The van der Waals surface area contributed by atoms with Crippen molar-refractivity contribution >= 4 is 6.09 Å². The monoisotopic (exact) mass is 250 g/mol. The Morgan fingerprint density at radius 2 is 2.39 bits per heavy atom. The number of hydrogen-bond acceptors (Lipinski definition) is 3. The average Bonchev–Trinajstić information content (AvgIpc) is 2.79. The van der Waals surface area contributed by atoms with Crippen molar-refractivity contribution in [2.45, 2.75) is 51.2 Å². The lowest BCUT2D eigenvalue weighted by Gasteiger charge is -2.34. The number of hydrogen-bond donors (Lipinski definition) is 0. The number of amides is 1. The predicted octanol–water partition coefficient (Wildman–Crippen LogP) is 3.35. The van der Waals surface area contributed by atoms with Gasteiger partial charge in [-0.1, -0.05) is 11.2 Å². The standard InChI is InChI=1S/C12H18N4O2/c1-11(2,3)18-10(17)16-9-4-6-12(16,7-5-9)8-14-15-13/h4H,5-8H2,1-3H3. The number of ether oxygens (including phenoxy) is 1. The van der Waals surface area contributed by atoms with E-state index in [0.717, 1.165) is 25.0 Å². The van der Waals surface area contributed by atoms with Crippen molar-refractivity contribution in [3.63, 3.8) is 0 Å². The normalized spacial score (nSPS) is 25.7. The third kappa shape index (κ3) is 2.16. The van der Waals surface area contributed by atoms with Gasteiger partial charge in [0.1, 0.15) is 5.60 Å². The van der Waals surface area contributed by atoms with Gasteiger partial charge in [0.05, 0.1) is 12.1 Å². The van der Waals surface area contributed by atoms with Gasteiger partial charge in [0.25, 0.3) is 0 Å². The highest BCUT2D eigenvalue weighted by Crippen LogP contribution is 2.46. The molecule has 0 aromatic heterocycles. The highest BCUT2D eigenvalue weighted by molar-refractivity contribution is 5.73. The first kappa shape index (κ1) is 12.8. The molecular weight excluding hydrogens is 232 g/mol. The van der Waals surface area contributed by atoms with Gasteiger partial charge in [-0.3, -0.25) is 4.90 Å². The highest BCUT2D eigenvalue weighted by atomic mass is 16.6. The predicted molar refractivity (Wildman–Crippen MR) is 66.8 cm³/mol. The SMILES string of the molecule is CC(C)(C)OC(=O)N1C2=CCC1(CN=[N+]=[N-])CC2. The largest absolute Gasteiger partial charge is 0.443 e. The Kier molecular flexibility index (Phi) is 2.99. The molecule has 1 fully saturated rings. The lowest BCUT2D eigenvalue weighted by atomic mass is 9.91. The van der Waals surface area contributed by atoms with Crippen molar-refractivity contribution in [3.8, 4) is 0 Å². The molecule has 1 saturated heterocycles. The van der Waals surface area contributed by atoms with Gasteiger partial charge in [-0.2, -0.15) is 0 Å². The molecule has 2 aliphatic heterocycles. The zero-order valence-electron chi connectivity index (χ0n) is 11.0. The van der Waals surface area contributed by atoms with Gasteiger partial charge in [-0.25, -0.2) is 4.79 Å². The van der Waals surface area contributed by atoms with Gasteiger partial charge in [0.2, 0.25) is 0 Å². The molecule has 0 aliphatic carbocycles. The van der Waals surface area contributed by atoms with Crippen LogP contribution in [0.2, 0.25) is 0 Å². The second-order valence-corrected chi connectivity index (χ2v) is 5.83. The molecule has 2 heterocycles. The number of carbonyl (C=O) groups is 1. The smallest absolute Gasteiger partial charge is 0.415 e. The van der Waals surface area contributed by atoms with Crippen LogP contribution >= 0.6 is 0 Å².